The van der Waals surface area contributed by atoms with Gasteiger partial charge in [-0.2, -0.15) is 0 Å². The summed E-state index contributed by atoms with van der Waals surface area (Å²) in [5.74, 6) is -0.280. The number of aryl methyl sites for hydroxylation is 1. The summed E-state index contributed by atoms with van der Waals surface area (Å²) in [6.45, 7) is 1.88. The number of amides is 2. The van der Waals surface area contributed by atoms with Crippen LogP contribution >= 0.6 is 0 Å². The molecule has 1 aromatic heterocycles. The van der Waals surface area contributed by atoms with Crippen molar-refractivity contribution in [1.29, 1.82) is 0 Å². The van der Waals surface area contributed by atoms with Crippen molar-refractivity contribution >= 4 is 6.03 Å². The van der Waals surface area contributed by atoms with Crippen molar-refractivity contribution in [3.8, 4) is 0 Å². The summed E-state index contributed by atoms with van der Waals surface area (Å²) in [5.41, 5.74) is 3.07. The Morgan fingerprint density at radius 3 is 2.95 bits per heavy atom. The number of carbonyl (C=O) groups is 1. The van der Waals surface area contributed by atoms with Crippen LogP contribution in [-0.2, 0) is 12.8 Å². The zero-order valence-corrected chi connectivity index (χ0v) is 12.4. The number of nitrogens with one attached hydrogen (secondary N) is 3. The Balaban J connectivity index is 1.53. The lowest BCUT2D eigenvalue weighted by molar-refractivity contribution is 0.232. The number of benzene rings is 1. The maximum atomic E-state index is 12.9. The largest absolute Gasteiger partial charge is 0.348 e. The molecule has 3 N–H and O–H groups in total. The second kappa shape index (κ2) is 6.17. The van der Waals surface area contributed by atoms with E-state index in [0.29, 0.717) is 0 Å². The molecule has 22 heavy (non-hydrogen) atoms. The highest BCUT2D eigenvalue weighted by Crippen LogP contribution is 2.18. The van der Waals surface area contributed by atoms with Gasteiger partial charge in [0.1, 0.15) is 5.82 Å². The Morgan fingerprint density at radius 1 is 1.41 bits per heavy atom. The third-order valence-corrected chi connectivity index (χ3v) is 4.04. The summed E-state index contributed by atoms with van der Waals surface area (Å²) in [5, 5.41) is 5.87. The number of hydrogen-bond donors (Lipinski definition) is 3. The first-order chi connectivity index (χ1) is 10.6. The van der Waals surface area contributed by atoms with Gasteiger partial charge in [-0.05, 0) is 37.5 Å². The second-order valence-corrected chi connectivity index (χ2v) is 5.66. The number of halogens is 1. The predicted molar refractivity (Wildman–Crippen MR) is 80.9 cm³/mol. The molecule has 1 aliphatic rings. The van der Waals surface area contributed by atoms with E-state index in [2.05, 4.69) is 20.6 Å². The van der Waals surface area contributed by atoms with Crippen LogP contribution in [0.5, 0.6) is 0 Å². The Bertz CT molecular complexity index is 652. The smallest absolute Gasteiger partial charge is 0.315 e. The maximum absolute atomic E-state index is 12.9. The third kappa shape index (κ3) is 3.27. The first kappa shape index (κ1) is 14.6. The summed E-state index contributed by atoms with van der Waals surface area (Å²) < 4.78 is 12.9. The molecule has 2 amide bonds. The first-order valence-corrected chi connectivity index (χ1v) is 7.45. The monoisotopic (exact) mass is 302 g/mol. The maximum Gasteiger partial charge on any atom is 0.315 e. The van der Waals surface area contributed by atoms with Gasteiger partial charge in [-0.15, -0.1) is 0 Å². The number of aromatic nitrogens is 2. The number of imidazole rings is 1. The molecule has 0 spiro atoms. The van der Waals surface area contributed by atoms with Crippen molar-refractivity contribution in [2.45, 2.75) is 38.3 Å². The van der Waals surface area contributed by atoms with Crippen molar-refractivity contribution in [3.63, 3.8) is 0 Å². The van der Waals surface area contributed by atoms with Crippen LogP contribution in [0.4, 0.5) is 9.18 Å². The molecule has 6 heteroatoms. The van der Waals surface area contributed by atoms with Gasteiger partial charge in [-0.1, -0.05) is 12.1 Å². The van der Waals surface area contributed by atoms with Crippen molar-refractivity contribution in [3.05, 3.63) is 53.4 Å². The van der Waals surface area contributed by atoms with E-state index in [9.17, 15) is 9.18 Å². The van der Waals surface area contributed by atoms with Crippen LogP contribution in [0.25, 0.3) is 0 Å². The van der Waals surface area contributed by atoms with Gasteiger partial charge < -0.3 is 15.6 Å². The minimum absolute atomic E-state index is 0.105. The molecular formula is C16H19FN4O. The van der Waals surface area contributed by atoms with Gasteiger partial charge in [0.05, 0.1) is 18.1 Å². The molecule has 1 aliphatic carbocycles. The van der Waals surface area contributed by atoms with Crippen LogP contribution in [0.2, 0.25) is 0 Å². The second-order valence-electron chi connectivity index (χ2n) is 5.66. The van der Waals surface area contributed by atoms with Crippen LogP contribution in [-0.4, -0.2) is 22.0 Å². The Labute approximate surface area is 128 Å². The fourth-order valence-electron chi connectivity index (χ4n) is 2.78. The Kier molecular flexibility index (Phi) is 4.09. The molecule has 1 aromatic carbocycles. The van der Waals surface area contributed by atoms with Gasteiger partial charge in [0, 0.05) is 18.2 Å². The molecule has 1 unspecified atom stereocenters. The zero-order valence-electron chi connectivity index (χ0n) is 12.4. The average Bonchev–Trinajstić information content (AvgIpc) is 2.95. The van der Waals surface area contributed by atoms with Crippen LogP contribution < -0.4 is 10.6 Å². The molecular weight excluding hydrogens is 283 g/mol. The fourth-order valence-corrected chi connectivity index (χ4v) is 2.78. The minimum Gasteiger partial charge on any atom is -0.348 e. The van der Waals surface area contributed by atoms with Crippen molar-refractivity contribution in [1.82, 2.24) is 20.6 Å². The molecule has 1 heterocycles. The molecule has 0 aliphatic heterocycles. The van der Waals surface area contributed by atoms with Crippen molar-refractivity contribution in [2.75, 3.05) is 0 Å². The van der Waals surface area contributed by atoms with Gasteiger partial charge in [-0.25, -0.2) is 14.2 Å². The topological polar surface area (TPSA) is 69.8 Å². The van der Waals surface area contributed by atoms with Crippen molar-refractivity contribution in [2.24, 2.45) is 0 Å². The van der Waals surface area contributed by atoms with Gasteiger partial charge in [0.2, 0.25) is 0 Å². The van der Waals surface area contributed by atoms with E-state index in [-0.39, 0.29) is 23.9 Å². The van der Waals surface area contributed by atoms with Crippen LogP contribution in [0.3, 0.4) is 0 Å². The molecule has 2 aromatic rings. The lowest BCUT2D eigenvalue weighted by Crippen LogP contribution is -2.45. The molecule has 0 fully saturated rings. The molecule has 3 rings (SSSR count). The quantitative estimate of drug-likeness (QED) is 0.815. The summed E-state index contributed by atoms with van der Waals surface area (Å²) in [4.78, 5) is 19.5. The van der Waals surface area contributed by atoms with E-state index in [0.717, 1.165) is 36.2 Å². The van der Waals surface area contributed by atoms with Gasteiger partial charge in [0.25, 0.3) is 0 Å². The number of nitrogens with zero attached hydrogens (tertiary/aromatic N) is 1. The minimum atomic E-state index is -0.280. The Morgan fingerprint density at radius 2 is 2.18 bits per heavy atom. The van der Waals surface area contributed by atoms with E-state index in [4.69, 9.17) is 0 Å². The van der Waals surface area contributed by atoms with E-state index < -0.39 is 0 Å². The molecule has 0 saturated carbocycles. The predicted octanol–water partition coefficient (Wildman–Crippen LogP) is 2.47. The lowest BCUT2D eigenvalue weighted by Gasteiger charge is -2.24. The van der Waals surface area contributed by atoms with Crippen LogP contribution in [0.15, 0.2) is 30.6 Å². The Hall–Kier alpha value is -2.37. The molecule has 0 radical (unpaired) electrons. The van der Waals surface area contributed by atoms with E-state index >= 15 is 0 Å². The number of carbonyl (C=O) groups excluding carboxylic acids is 1. The summed E-state index contributed by atoms with van der Waals surface area (Å²) in [6, 6.07) is 5.87. The molecule has 5 nitrogen and oxygen atoms in total. The van der Waals surface area contributed by atoms with Gasteiger partial charge in [-0.3, -0.25) is 0 Å². The van der Waals surface area contributed by atoms with Crippen molar-refractivity contribution < 1.29 is 9.18 Å². The van der Waals surface area contributed by atoms with Gasteiger partial charge >= 0.3 is 6.03 Å². The normalized spacial score (nSPS) is 18.4. The van der Waals surface area contributed by atoms with Gasteiger partial charge in [0.15, 0.2) is 0 Å². The third-order valence-electron chi connectivity index (χ3n) is 4.04. The number of rotatable bonds is 3. The lowest BCUT2D eigenvalue weighted by atomic mass is 9.96. The molecule has 116 valence electrons. The van der Waals surface area contributed by atoms with E-state index in [1.807, 2.05) is 6.92 Å². The molecule has 0 bridgehead atoms. The highest BCUT2D eigenvalue weighted by molar-refractivity contribution is 5.74. The summed E-state index contributed by atoms with van der Waals surface area (Å²) in [6.07, 6.45) is 4.23. The van der Waals surface area contributed by atoms with E-state index in [1.54, 1.807) is 18.5 Å². The highest BCUT2D eigenvalue weighted by Gasteiger charge is 2.22. The fraction of sp³-hybridized carbons (Fsp3) is 0.375. The SMILES string of the molecule is C[C@@H](NC(=O)NC1CCc2nc[nH]c2C1)c1ccc(F)cc1. The number of hydrogen-bond acceptors (Lipinski definition) is 2. The summed E-state index contributed by atoms with van der Waals surface area (Å²) >= 11 is 0. The number of H-pyrrole nitrogens is 1. The number of aromatic amines is 1. The first-order valence-electron chi connectivity index (χ1n) is 7.45. The average molecular weight is 302 g/mol. The standard InChI is InChI=1S/C16H19FN4O/c1-10(11-2-4-12(17)5-3-11)20-16(22)21-13-6-7-14-15(8-13)19-9-18-14/h2-5,9-10,13H,6-8H2,1H3,(H,18,19)(H2,20,21,22)/t10-,13?/m1/s1. The van der Waals surface area contributed by atoms with Crippen LogP contribution in [0, 0.1) is 5.82 Å². The number of urea groups is 1. The van der Waals surface area contributed by atoms with E-state index in [1.165, 1.54) is 12.1 Å². The molecule has 0 saturated heterocycles. The molecule has 2 atom stereocenters. The number of fused-ring (bicyclic) bond motifs is 1. The van der Waals surface area contributed by atoms with Crippen LogP contribution in [0.1, 0.15) is 36.3 Å². The summed E-state index contributed by atoms with van der Waals surface area (Å²) in [7, 11) is 0. The zero-order chi connectivity index (χ0) is 15.5. The highest BCUT2D eigenvalue weighted by atomic mass is 19.1.